The summed E-state index contributed by atoms with van der Waals surface area (Å²) in [7, 11) is 1.69. The lowest BCUT2D eigenvalue weighted by molar-refractivity contribution is 0.0530. The van der Waals surface area contributed by atoms with Crippen molar-refractivity contribution in [3.63, 3.8) is 0 Å². The molecular formula is C54H66N6O5. The smallest absolute Gasteiger partial charge is 0.251 e. The normalized spacial score (nSPS) is 26.9. The maximum atomic E-state index is 12.5. The van der Waals surface area contributed by atoms with Gasteiger partial charge >= 0.3 is 0 Å². The van der Waals surface area contributed by atoms with Gasteiger partial charge in [-0.2, -0.15) is 4.98 Å². The van der Waals surface area contributed by atoms with Gasteiger partial charge in [0.15, 0.2) is 0 Å². The molecule has 8 atom stereocenters. The van der Waals surface area contributed by atoms with Gasteiger partial charge in [-0.1, -0.05) is 72.8 Å². The van der Waals surface area contributed by atoms with Crippen LogP contribution in [-0.2, 0) is 28.9 Å². The second-order valence-corrected chi connectivity index (χ2v) is 19.3. The highest BCUT2D eigenvalue weighted by molar-refractivity contribution is 5.61. The van der Waals surface area contributed by atoms with Crippen molar-refractivity contribution >= 4 is 23.0 Å². The molecular weight excluding hydrogens is 813 g/mol. The summed E-state index contributed by atoms with van der Waals surface area (Å²) in [5, 5.41) is 0. The predicted octanol–water partition coefficient (Wildman–Crippen LogP) is 8.69. The number of ether oxygens (including phenoxy) is 4. The van der Waals surface area contributed by atoms with Crippen LogP contribution in [0.5, 0.6) is 11.6 Å². The van der Waals surface area contributed by atoms with Crippen LogP contribution >= 0.6 is 0 Å². The summed E-state index contributed by atoms with van der Waals surface area (Å²) < 4.78 is 23.1. The Morgan fingerprint density at radius 3 is 1.82 bits per heavy atom. The maximum Gasteiger partial charge on any atom is 0.251 e. The number of nitrogens with zero attached hydrogens (tertiary/aromatic N) is 5. The van der Waals surface area contributed by atoms with Gasteiger partial charge in [-0.05, 0) is 106 Å². The van der Waals surface area contributed by atoms with Crippen molar-refractivity contribution in [3.8, 4) is 11.6 Å². The predicted molar refractivity (Wildman–Crippen MR) is 259 cm³/mol. The molecule has 0 radical (unpaired) electrons. The standard InChI is InChI=1S/C31H37N3O3.C23H29N3O2/c1-22-20-33(14-15-36-22)27-18-30(32-31(19-27)37-21-24-8-12-28(35-2)13-9-24)34-26-11-10-25(17-26)29(34)16-23-6-4-3-5-7-23;1-16-15-25(9-10-28-16)20-13-22(24-23(27)14-20)26-19-8-7-18(12-19)21(26)11-17-5-3-2-4-6-17/h3-9,12-13,18-19,22,25-26,29H,10-11,14-17,20-21H2,1-2H3;2-6,13-14,16,18-19,21H,7-12,15H2,1H3,(H,24,27)/t22-,25-,26+,29-;16-,18-,19+,21-/m11/s1. The maximum absolute atomic E-state index is 12.5. The van der Waals surface area contributed by atoms with Crippen LogP contribution in [0, 0.1) is 11.8 Å². The molecule has 342 valence electrons. The average molecular weight is 879 g/mol. The summed E-state index contributed by atoms with van der Waals surface area (Å²) in [4.78, 5) is 30.6. The quantitative estimate of drug-likeness (QED) is 0.131. The molecule has 4 bridgehead atoms. The summed E-state index contributed by atoms with van der Waals surface area (Å²) >= 11 is 0. The zero-order chi connectivity index (χ0) is 44.3. The fraction of sp³-hybridized carbons (Fsp3) is 0.481. The minimum Gasteiger partial charge on any atom is -0.497 e. The lowest BCUT2D eigenvalue weighted by Gasteiger charge is -2.38. The van der Waals surface area contributed by atoms with E-state index in [1.54, 1.807) is 13.2 Å². The first-order valence-corrected chi connectivity index (χ1v) is 24.2. The van der Waals surface area contributed by atoms with Crippen LogP contribution in [-0.4, -0.2) is 92.8 Å². The molecule has 0 amide bonds. The van der Waals surface area contributed by atoms with Gasteiger partial charge in [0.05, 0.1) is 32.5 Å². The van der Waals surface area contributed by atoms with Gasteiger partial charge < -0.3 is 43.5 Å². The number of rotatable bonds is 12. The van der Waals surface area contributed by atoms with E-state index in [2.05, 4.69) is 117 Å². The van der Waals surface area contributed by atoms with E-state index >= 15 is 0 Å². The van der Waals surface area contributed by atoms with Gasteiger partial charge in [-0.15, -0.1) is 0 Å². The summed E-state index contributed by atoms with van der Waals surface area (Å²) in [5.41, 5.74) is 6.07. The van der Waals surface area contributed by atoms with E-state index in [0.29, 0.717) is 43.3 Å². The monoisotopic (exact) mass is 879 g/mol. The number of nitrogens with one attached hydrogen (secondary N) is 1. The molecule has 11 nitrogen and oxygen atoms in total. The minimum atomic E-state index is -0.00659. The Balaban J connectivity index is 0.000000159. The Morgan fingerprint density at radius 1 is 0.662 bits per heavy atom. The van der Waals surface area contributed by atoms with Crippen molar-refractivity contribution < 1.29 is 18.9 Å². The zero-order valence-corrected chi connectivity index (χ0v) is 38.4. The number of morpholine rings is 2. The summed E-state index contributed by atoms with van der Waals surface area (Å²) in [5.74, 6) is 5.03. The van der Waals surface area contributed by atoms with Crippen LogP contribution in [0.15, 0.2) is 114 Å². The topological polar surface area (TPSA) is 95.6 Å². The third-order valence-corrected chi connectivity index (χ3v) is 14.9. The minimum absolute atomic E-state index is 0.00659. The number of H-pyrrole nitrogens is 1. The fourth-order valence-electron chi connectivity index (χ4n) is 11.8. The third kappa shape index (κ3) is 9.87. The van der Waals surface area contributed by atoms with E-state index < -0.39 is 0 Å². The van der Waals surface area contributed by atoms with Gasteiger partial charge in [-0.3, -0.25) is 4.79 Å². The molecule has 1 N–H and O–H groups in total. The van der Waals surface area contributed by atoms with Crippen molar-refractivity contribution in [2.24, 2.45) is 11.8 Å². The number of hydrogen-bond donors (Lipinski definition) is 1. The van der Waals surface area contributed by atoms with E-state index in [9.17, 15) is 4.79 Å². The molecule has 6 aliphatic rings. The van der Waals surface area contributed by atoms with E-state index in [0.717, 1.165) is 86.1 Å². The number of aromatic amines is 1. The molecule has 11 rings (SSSR count). The van der Waals surface area contributed by atoms with Crippen molar-refractivity contribution in [1.82, 2.24) is 9.97 Å². The first-order chi connectivity index (χ1) is 31.8. The molecule has 5 aromatic rings. The van der Waals surface area contributed by atoms with Crippen molar-refractivity contribution in [2.75, 3.05) is 66.1 Å². The number of aromatic nitrogens is 2. The van der Waals surface area contributed by atoms with Gasteiger partial charge in [0.25, 0.3) is 5.56 Å². The van der Waals surface area contributed by atoms with Crippen LogP contribution in [0.2, 0.25) is 0 Å². The number of anilines is 4. The Labute approximate surface area is 384 Å². The average Bonchev–Trinajstić information content (AvgIpc) is 4.15. The number of methoxy groups -OCH3 is 1. The molecule has 4 aliphatic heterocycles. The molecule has 0 unspecified atom stereocenters. The number of fused-ring (bicyclic) bond motifs is 4. The van der Waals surface area contributed by atoms with Crippen LogP contribution in [0.1, 0.15) is 69.1 Å². The molecule has 2 aromatic heterocycles. The fourth-order valence-corrected chi connectivity index (χ4v) is 11.8. The van der Waals surface area contributed by atoms with E-state index in [4.69, 9.17) is 23.9 Å². The third-order valence-electron chi connectivity index (χ3n) is 14.9. The molecule has 6 fully saturated rings. The van der Waals surface area contributed by atoms with Crippen LogP contribution in [0.4, 0.5) is 23.0 Å². The van der Waals surface area contributed by atoms with Gasteiger partial charge in [0.2, 0.25) is 5.88 Å². The highest BCUT2D eigenvalue weighted by Crippen LogP contribution is 2.47. The SMILES string of the molecule is COc1ccc(COc2cc(N3CCO[C@H](C)C3)cc(N3[C@H]4CC[C@H](C4)[C@H]3Cc3ccccc3)n2)cc1.C[C@@H]1CN(c2cc(N3[C@H]4CC[C@H](C4)[C@H]3Cc3ccccc3)[nH]c(=O)c2)CCO1. The van der Waals surface area contributed by atoms with E-state index in [1.165, 1.54) is 55.3 Å². The Morgan fingerprint density at radius 2 is 1.23 bits per heavy atom. The molecule has 0 spiro atoms. The second kappa shape index (κ2) is 19.5. The molecule has 3 aromatic carbocycles. The number of hydrogen-bond acceptors (Lipinski definition) is 10. The van der Waals surface area contributed by atoms with Crippen molar-refractivity contribution in [1.29, 1.82) is 0 Å². The largest absolute Gasteiger partial charge is 0.497 e. The number of pyridine rings is 2. The molecule has 4 saturated heterocycles. The van der Waals surface area contributed by atoms with Crippen molar-refractivity contribution in [2.45, 2.75) is 108 Å². The molecule has 65 heavy (non-hydrogen) atoms. The Bertz CT molecular complexity index is 2400. The Hall–Kier alpha value is -5.52. The van der Waals surface area contributed by atoms with Gasteiger partial charge in [-0.25, -0.2) is 0 Å². The summed E-state index contributed by atoms with van der Waals surface area (Å²) in [6, 6.07) is 40.1. The lowest BCUT2D eigenvalue weighted by Crippen LogP contribution is -2.44. The Kier molecular flexibility index (Phi) is 13.0. The van der Waals surface area contributed by atoms with E-state index in [1.807, 2.05) is 24.3 Å². The molecule has 6 heterocycles. The van der Waals surface area contributed by atoms with Crippen LogP contribution in [0.3, 0.4) is 0 Å². The number of benzene rings is 3. The second-order valence-electron chi connectivity index (χ2n) is 19.3. The number of piperidine rings is 2. The molecule has 2 saturated carbocycles. The highest BCUT2D eigenvalue weighted by atomic mass is 16.5. The van der Waals surface area contributed by atoms with E-state index in [-0.39, 0.29) is 17.8 Å². The van der Waals surface area contributed by atoms with Crippen LogP contribution < -0.4 is 34.6 Å². The summed E-state index contributed by atoms with van der Waals surface area (Å²) in [6.07, 6.45) is 10.1. The lowest BCUT2D eigenvalue weighted by atomic mass is 9.92. The van der Waals surface area contributed by atoms with Crippen LogP contribution in [0.25, 0.3) is 0 Å². The molecule has 11 heteroatoms. The molecule has 2 aliphatic carbocycles. The summed E-state index contributed by atoms with van der Waals surface area (Å²) in [6.45, 7) is 9.60. The first-order valence-electron chi connectivity index (χ1n) is 24.2. The van der Waals surface area contributed by atoms with Crippen molar-refractivity contribution in [3.05, 3.63) is 136 Å². The highest BCUT2D eigenvalue weighted by Gasteiger charge is 2.47. The van der Waals surface area contributed by atoms with Gasteiger partial charge in [0.1, 0.15) is 24.0 Å². The van der Waals surface area contributed by atoms with Gasteiger partial charge in [0, 0.05) is 86.0 Å². The first kappa shape index (κ1) is 43.4. The zero-order valence-electron chi connectivity index (χ0n) is 38.4.